The molecule has 1 aromatic heterocycles. The fourth-order valence-corrected chi connectivity index (χ4v) is 3.93. The van der Waals surface area contributed by atoms with Gasteiger partial charge in [0.2, 0.25) is 0 Å². The van der Waals surface area contributed by atoms with E-state index in [2.05, 4.69) is 25.8 Å². The molecule has 1 aliphatic heterocycles. The van der Waals surface area contributed by atoms with Gasteiger partial charge in [-0.25, -0.2) is 4.98 Å². The van der Waals surface area contributed by atoms with E-state index in [1.165, 1.54) is 16.0 Å². The van der Waals surface area contributed by atoms with E-state index in [-0.39, 0.29) is 12.4 Å². The molecule has 0 spiro atoms. The third-order valence-corrected chi connectivity index (χ3v) is 5.24. The maximum Gasteiger partial charge on any atom is 0.180 e. The lowest BCUT2D eigenvalue weighted by molar-refractivity contribution is 0.247. The van der Waals surface area contributed by atoms with E-state index in [9.17, 15) is 0 Å². The fraction of sp³-hybridized carbons (Fsp3) is 0.308. The third-order valence-electron chi connectivity index (χ3n) is 3.33. The standard InChI is InChI=1S/C13H13BrClN3S.ClH/c14-11-1-2-12(15)10-7-18(4-3-9(10)11)6-8-5-17-13(16)19-8;/h1-2,5H,3-4,6-7H2,(H2,16,17);1H. The minimum absolute atomic E-state index is 0. The zero-order valence-electron chi connectivity index (χ0n) is 10.6. The van der Waals surface area contributed by atoms with Gasteiger partial charge in [-0.3, -0.25) is 4.90 Å². The minimum atomic E-state index is 0. The number of nitrogens with zero attached hydrogens (tertiary/aromatic N) is 2. The van der Waals surface area contributed by atoms with Gasteiger partial charge in [-0.1, -0.05) is 27.5 Å². The van der Waals surface area contributed by atoms with E-state index in [1.807, 2.05) is 18.3 Å². The molecule has 0 amide bonds. The van der Waals surface area contributed by atoms with Gasteiger partial charge in [0.15, 0.2) is 5.13 Å². The van der Waals surface area contributed by atoms with Crippen molar-refractivity contribution in [3.63, 3.8) is 0 Å². The largest absolute Gasteiger partial charge is 0.375 e. The minimum Gasteiger partial charge on any atom is -0.375 e. The van der Waals surface area contributed by atoms with Crippen LogP contribution in [0.25, 0.3) is 0 Å². The summed E-state index contributed by atoms with van der Waals surface area (Å²) in [5.74, 6) is 0. The average molecular weight is 395 g/mol. The zero-order valence-corrected chi connectivity index (χ0v) is 14.6. The van der Waals surface area contributed by atoms with Gasteiger partial charge < -0.3 is 5.73 Å². The molecule has 20 heavy (non-hydrogen) atoms. The molecule has 2 N–H and O–H groups in total. The van der Waals surface area contributed by atoms with Crippen molar-refractivity contribution < 1.29 is 0 Å². The summed E-state index contributed by atoms with van der Waals surface area (Å²) in [5.41, 5.74) is 8.24. The highest BCUT2D eigenvalue weighted by Gasteiger charge is 2.21. The van der Waals surface area contributed by atoms with Crippen molar-refractivity contribution in [3.05, 3.63) is 43.8 Å². The van der Waals surface area contributed by atoms with E-state index in [0.29, 0.717) is 5.13 Å². The van der Waals surface area contributed by atoms with Gasteiger partial charge in [-0.15, -0.1) is 23.7 Å². The molecule has 3 nitrogen and oxygen atoms in total. The number of benzene rings is 1. The highest BCUT2D eigenvalue weighted by molar-refractivity contribution is 9.10. The second kappa shape index (κ2) is 6.62. The van der Waals surface area contributed by atoms with Crippen LogP contribution in [0.4, 0.5) is 5.13 Å². The molecule has 0 radical (unpaired) electrons. The molecule has 7 heteroatoms. The summed E-state index contributed by atoms with van der Waals surface area (Å²) in [5, 5.41) is 1.49. The second-order valence-electron chi connectivity index (χ2n) is 4.61. The van der Waals surface area contributed by atoms with E-state index in [1.54, 1.807) is 11.3 Å². The lowest BCUT2D eigenvalue weighted by Crippen LogP contribution is -2.30. The number of fused-ring (bicyclic) bond motifs is 1. The summed E-state index contributed by atoms with van der Waals surface area (Å²) >= 11 is 11.5. The van der Waals surface area contributed by atoms with Crippen LogP contribution in [0.15, 0.2) is 22.8 Å². The smallest absolute Gasteiger partial charge is 0.180 e. The maximum absolute atomic E-state index is 6.31. The molecule has 0 saturated heterocycles. The van der Waals surface area contributed by atoms with Crippen LogP contribution in [0.5, 0.6) is 0 Å². The second-order valence-corrected chi connectivity index (χ2v) is 7.02. The van der Waals surface area contributed by atoms with Crippen LogP contribution in [0.3, 0.4) is 0 Å². The van der Waals surface area contributed by atoms with Crippen LogP contribution >= 0.6 is 51.3 Å². The molecular formula is C13H14BrCl2N3S. The van der Waals surface area contributed by atoms with Crippen LogP contribution in [0.1, 0.15) is 16.0 Å². The number of nitrogens with two attached hydrogens (primary N) is 1. The normalized spacial score (nSPS) is 14.7. The maximum atomic E-state index is 6.31. The Morgan fingerprint density at radius 3 is 2.90 bits per heavy atom. The first kappa shape index (κ1) is 16.0. The predicted molar refractivity (Wildman–Crippen MR) is 90.7 cm³/mol. The van der Waals surface area contributed by atoms with Gasteiger partial charge in [0.05, 0.1) is 0 Å². The fourth-order valence-electron chi connectivity index (χ4n) is 2.40. The van der Waals surface area contributed by atoms with Crippen LogP contribution in [0, 0.1) is 0 Å². The van der Waals surface area contributed by atoms with Gasteiger partial charge in [0, 0.05) is 40.2 Å². The molecule has 0 aliphatic carbocycles. The monoisotopic (exact) mass is 393 g/mol. The summed E-state index contributed by atoms with van der Waals surface area (Å²) in [6.07, 6.45) is 2.88. The SMILES string of the molecule is Cl.Nc1ncc(CN2CCc3c(Br)ccc(Cl)c3C2)s1. The van der Waals surface area contributed by atoms with Crippen molar-refractivity contribution in [2.45, 2.75) is 19.5 Å². The summed E-state index contributed by atoms with van der Waals surface area (Å²) in [7, 11) is 0. The number of hydrogen-bond acceptors (Lipinski definition) is 4. The van der Waals surface area contributed by atoms with Crippen LogP contribution in [0.2, 0.25) is 5.02 Å². The van der Waals surface area contributed by atoms with Crippen molar-refractivity contribution in [2.24, 2.45) is 0 Å². The van der Waals surface area contributed by atoms with Gasteiger partial charge in [0.25, 0.3) is 0 Å². The number of nitrogen functional groups attached to an aromatic ring is 1. The van der Waals surface area contributed by atoms with Crippen molar-refractivity contribution >= 4 is 56.4 Å². The van der Waals surface area contributed by atoms with Crippen LogP contribution in [-0.4, -0.2) is 16.4 Å². The Hall–Kier alpha value is -0.330. The molecule has 0 bridgehead atoms. The summed E-state index contributed by atoms with van der Waals surface area (Å²) in [6, 6.07) is 3.99. The van der Waals surface area contributed by atoms with Crippen molar-refractivity contribution in [3.8, 4) is 0 Å². The molecular weight excluding hydrogens is 381 g/mol. The first-order valence-electron chi connectivity index (χ1n) is 6.02. The van der Waals surface area contributed by atoms with E-state index in [0.717, 1.165) is 35.6 Å². The number of halogens is 3. The zero-order chi connectivity index (χ0) is 13.4. The van der Waals surface area contributed by atoms with E-state index in [4.69, 9.17) is 17.3 Å². The average Bonchev–Trinajstić information content (AvgIpc) is 2.80. The number of hydrogen-bond donors (Lipinski definition) is 1. The van der Waals surface area contributed by atoms with Crippen molar-refractivity contribution in [2.75, 3.05) is 12.3 Å². The van der Waals surface area contributed by atoms with Gasteiger partial charge in [0.1, 0.15) is 0 Å². The Bertz CT molecular complexity index is 618. The Morgan fingerprint density at radius 2 is 2.20 bits per heavy atom. The Morgan fingerprint density at radius 1 is 1.40 bits per heavy atom. The topological polar surface area (TPSA) is 42.1 Å². The number of aromatic nitrogens is 1. The van der Waals surface area contributed by atoms with Crippen LogP contribution < -0.4 is 5.73 Å². The number of thiazole rings is 1. The summed E-state index contributed by atoms with van der Waals surface area (Å²) in [6.45, 7) is 2.80. The van der Waals surface area contributed by atoms with Gasteiger partial charge >= 0.3 is 0 Å². The van der Waals surface area contributed by atoms with Gasteiger partial charge in [-0.2, -0.15) is 0 Å². The first-order valence-corrected chi connectivity index (χ1v) is 8.00. The Balaban J connectivity index is 0.00000147. The molecule has 0 fully saturated rings. The lowest BCUT2D eigenvalue weighted by atomic mass is 10.00. The number of anilines is 1. The lowest BCUT2D eigenvalue weighted by Gasteiger charge is -2.29. The summed E-state index contributed by atoms with van der Waals surface area (Å²) in [4.78, 5) is 7.68. The van der Waals surface area contributed by atoms with Crippen LogP contribution in [-0.2, 0) is 19.5 Å². The highest BCUT2D eigenvalue weighted by Crippen LogP contribution is 2.32. The molecule has 1 aromatic carbocycles. The van der Waals surface area contributed by atoms with Crippen molar-refractivity contribution in [1.82, 2.24) is 9.88 Å². The molecule has 2 aromatic rings. The summed E-state index contributed by atoms with van der Waals surface area (Å²) < 4.78 is 1.16. The van der Waals surface area contributed by atoms with E-state index < -0.39 is 0 Å². The Labute approximate surface area is 141 Å². The molecule has 3 rings (SSSR count). The third kappa shape index (κ3) is 3.28. The van der Waals surface area contributed by atoms with E-state index >= 15 is 0 Å². The highest BCUT2D eigenvalue weighted by atomic mass is 79.9. The molecule has 2 heterocycles. The first-order chi connectivity index (χ1) is 9.13. The molecule has 108 valence electrons. The number of rotatable bonds is 2. The molecule has 0 atom stereocenters. The predicted octanol–water partition coefficient (Wildman–Crippen LogP) is 4.12. The van der Waals surface area contributed by atoms with Gasteiger partial charge in [-0.05, 0) is 29.7 Å². The molecule has 0 saturated carbocycles. The molecule has 1 aliphatic rings. The van der Waals surface area contributed by atoms with Crippen molar-refractivity contribution in [1.29, 1.82) is 0 Å². The quantitative estimate of drug-likeness (QED) is 0.832. The Kier molecular flexibility index (Phi) is 5.31. The molecule has 0 unspecified atom stereocenters.